The van der Waals surface area contributed by atoms with Crippen LogP contribution in [0.25, 0.3) is 5.65 Å². The average Bonchev–Trinajstić information content (AvgIpc) is 3.10. The van der Waals surface area contributed by atoms with Crippen LogP contribution >= 0.6 is 0 Å². The Morgan fingerprint density at radius 1 is 1.24 bits per heavy atom. The molecule has 3 aromatic rings. The third-order valence-corrected chi connectivity index (χ3v) is 6.57. The Hall–Kier alpha value is -2.45. The van der Waals surface area contributed by atoms with E-state index in [0.29, 0.717) is 41.2 Å². The topological polar surface area (TPSA) is 87.5 Å². The first-order valence-corrected chi connectivity index (χ1v) is 9.62. The first-order valence-electron chi connectivity index (χ1n) is 8.18. The zero-order valence-corrected chi connectivity index (χ0v) is 14.6. The Balaban J connectivity index is 1.78. The molecule has 0 atom stereocenters. The van der Waals surface area contributed by atoms with Crippen molar-refractivity contribution in [2.45, 2.75) is 31.2 Å². The maximum Gasteiger partial charge on any atom is 0.277 e. The van der Waals surface area contributed by atoms with Gasteiger partial charge in [-0.25, -0.2) is 17.9 Å². The van der Waals surface area contributed by atoms with Crippen molar-refractivity contribution in [2.75, 3.05) is 6.54 Å². The van der Waals surface area contributed by atoms with Crippen molar-refractivity contribution < 1.29 is 8.42 Å². The van der Waals surface area contributed by atoms with E-state index in [1.165, 1.54) is 8.82 Å². The Labute approximate surface area is 145 Å². The van der Waals surface area contributed by atoms with Crippen LogP contribution in [0.1, 0.15) is 23.7 Å². The number of aromatic nitrogens is 3. The van der Waals surface area contributed by atoms with E-state index in [2.05, 4.69) is 10.1 Å². The van der Waals surface area contributed by atoms with Gasteiger partial charge >= 0.3 is 0 Å². The van der Waals surface area contributed by atoms with Gasteiger partial charge in [-0.05, 0) is 18.1 Å². The largest absolute Gasteiger partial charge is 0.297 e. The smallest absolute Gasteiger partial charge is 0.277 e. The number of nitrogens with one attached hydrogen (secondary N) is 1. The first kappa shape index (κ1) is 16.0. The molecule has 0 unspecified atom stereocenters. The van der Waals surface area contributed by atoms with Crippen molar-refractivity contribution in [2.24, 2.45) is 0 Å². The highest BCUT2D eigenvalue weighted by Crippen LogP contribution is 2.25. The van der Waals surface area contributed by atoms with Crippen LogP contribution in [0.5, 0.6) is 0 Å². The fourth-order valence-electron chi connectivity index (χ4n) is 3.28. The summed E-state index contributed by atoms with van der Waals surface area (Å²) < 4.78 is 28.9. The number of benzene rings is 1. The van der Waals surface area contributed by atoms with Crippen molar-refractivity contribution in [1.82, 2.24) is 18.9 Å². The summed E-state index contributed by atoms with van der Waals surface area (Å²) >= 11 is 0. The van der Waals surface area contributed by atoms with Gasteiger partial charge in [0, 0.05) is 31.8 Å². The number of H-pyrrole nitrogens is 1. The van der Waals surface area contributed by atoms with Crippen molar-refractivity contribution in [1.29, 1.82) is 0 Å². The number of sulfonamides is 1. The molecule has 7 nitrogen and oxygen atoms in total. The number of hydrogen-bond donors (Lipinski definition) is 1. The number of hydrogen-bond acceptors (Lipinski definition) is 4. The van der Waals surface area contributed by atoms with Crippen LogP contribution in [0.2, 0.25) is 0 Å². The third-order valence-electron chi connectivity index (χ3n) is 4.63. The molecule has 25 heavy (non-hydrogen) atoms. The molecular weight excluding hydrogens is 340 g/mol. The van der Waals surface area contributed by atoms with Gasteiger partial charge < -0.3 is 0 Å². The lowest BCUT2D eigenvalue weighted by atomic mass is 10.1. The molecule has 1 aromatic carbocycles. The zero-order valence-electron chi connectivity index (χ0n) is 13.8. The summed E-state index contributed by atoms with van der Waals surface area (Å²) in [6, 6.07) is 8.74. The summed E-state index contributed by atoms with van der Waals surface area (Å²) in [5.74, 6) is 0. The van der Waals surface area contributed by atoms with Crippen LogP contribution in [0.4, 0.5) is 0 Å². The molecule has 1 aliphatic rings. The molecule has 130 valence electrons. The number of aryl methyl sites for hydroxylation is 1. The van der Waals surface area contributed by atoms with E-state index in [9.17, 15) is 13.2 Å². The van der Waals surface area contributed by atoms with E-state index in [-0.39, 0.29) is 12.1 Å². The Morgan fingerprint density at radius 2 is 2.04 bits per heavy atom. The van der Waals surface area contributed by atoms with Gasteiger partial charge in [-0.15, -0.1) is 0 Å². The van der Waals surface area contributed by atoms with Crippen molar-refractivity contribution in [3.05, 3.63) is 63.7 Å². The predicted molar refractivity (Wildman–Crippen MR) is 92.9 cm³/mol. The molecule has 0 spiro atoms. The van der Waals surface area contributed by atoms with E-state index >= 15 is 0 Å². The van der Waals surface area contributed by atoms with Gasteiger partial charge in [-0.2, -0.15) is 4.31 Å². The van der Waals surface area contributed by atoms with Crippen molar-refractivity contribution in [3.63, 3.8) is 0 Å². The number of nitrogens with zero attached hydrogens (tertiary/aromatic N) is 3. The van der Waals surface area contributed by atoms with Crippen LogP contribution in [-0.2, 0) is 29.4 Å². The lowest BCUT2D eigenvalue weighted by Crippen LogP contribution is -2.40. The number of fused-ring (bicyclic) bond motifs is 2. The molecule has 0 saturated carbocycles. The van der Waals surface area contributed by atoms with E-state index < -0.39 is 10.0 Å². The molecule has 3 heterocycles. The second-order valence-electron chi connectivity index (χ2n) is 6.05. The fraction of sp³-hybridized carbons (Fsp3) is 0.294. The van der Waals surface area contributed by atoms with E-state index in [1.54, 1.807) is 24.4 Å². The minimum Gasteiger partial charge on any atom is -0.297 e. The highest BCUT2D eigenvalue weighted by molar-refractivity contribution is 7.89. The van der Waals surface area contributed by atoms with Gasteiger partial charge in [0.15, 0.2) is 5.65 Å². The van der Waals surface area contributed by atoms with Gasteiger partial charge in [-0.1, -0.05) is 25.1 Å². The summed E-state index contributed by atoms with van der Waals surface area (Å²) in [6.07, 6.45) is 2.70. The zero-order chi connectivity index (χ0) is 17.6. The maximum atomic E-state index is 13.1. The summed E-state index contributed by atoms with van der Waals surface area (Å²) in [6.45, 7) is 2.29. The highest BCUT2D eigenvalue weighted by atomic mass is 32.2. The minimum absolute atomic E-state index is 0.0451. The molecule has 8 heteroatoms. The fourth-order valence-corrected chi connectivity index (χ4v) is 4.99. The van der Waals surface area contributed by atoms with Gasteiger partial charge in [0.05, 0.1) is 16.2 Å². The van der Waals surface area contributed by atoms with Gasteiger partial charge in [-0.3, -0.25) is 9.89 Å². The lowest BCUT2D eigenvalue weighted by molar-refractivity contribution is 0.384. The Kier molecular flexibility index (Phi) is 3.73. The average molecular weight is 358 g/mol. The standard InChI is InChI=1S/C17H18N4O3S/c1-2-12-5-3-4-6-15(12)25(23,24)20-10-8-14-13(11-20)17(22)21-16(19-14)7-9-18-21/h3-7,9,18H,2,8,10-11H2,1H3. The van der Waals surface area contributed by atoms with Crippen molar-refractivity contribution in [3.8, 4) is 0 Å². The molecule has 1 aliphatic heterocycles. The molecule has 0 aliphatic carbocycles. The van der Waals surface area contributed by atoms with Gasteiger partial charge in [0.1, 0.15) is 0 Å². The van der Waals surface area contributed by atoms with Crippen LogP contribution in [0, 0.1) is 0 Å². The molecule has 4 rings (SSSR count). The number of aromatic amines is 1. The van der Waals surface area contributed by atoms with E-state index in [4.69, 9.17) is 0 Å². The molecule has 0 radical (unpaired) electrons. The Morgan fingerprint density at radius 3 is 2.84 bits per heavy atom. The lowest BCUT2D eigenvalue weighted by Gasteiger charge is -2.27. The van der Waals surface area contributed by atoms with Gasteiger partial charge in [0.25, 0.3) is 5.56 Å². The molecular formula is C17H18N4O3S. The molecule has 0 amide bonds. The highest BCUT2D eigenvalue weighted by Gasteiger charge is 2.32. The van der Waals surface area contributed by atoms with E-state index in [0.717, 1.165) is 5.56 Å². The molecule has 1 N–H and O–H groups in total. The maximum absolute atomic E-state index is 13.1. The molecule has 0 saturated heterocycles. The van der Waals surface area contributed by atoms with E-state index in [1.807, 2.05) is 19.1 Å². The molecule has 2 aromatic heterocycles. The molecule has 0 bridgehead atoms. The monoisotopic (exact) mass is 358 g/mol. The summed E-state index contributed by atoms with van der Waals surface area (Å²) in [7, 11) is -3.66. The van der Waals surface area contributed by atoms with Crippen molar-refractivity contribution >= 4 is 15.7 Å². The van der Waals surface area contributed by atoms with Crippen LogP contribution in [0.15, 0.2) is 46.2 Å². The molecule has 0 fully saturated rings. The first-order chi connectivity index (χ1) is 12.0. The Bertz CT molecular complexity index is 1110. The minimum atomic E-state index is -3.66. The van der Waals surface area contributed by atoms with Crippen LogP contribution in [-0.4, -0.2) is 33.9 Å². The van der Waals surface area contributed by atoms with Crippen LogP contribution < -0.4 is 5.56 Å². The SMILES string of the molecule is CCc1ccccc1S(=O)(=O)N1CCc2nc3cc[nH]n3c(=O)c2C1. The normalized spacial score (nSPS) is 15.4. The second-order valence-corrected chi connectivity index (χ2v) is 7.95. The number of rotatable bonds is 3. The second kappa shape index (κ2) is 5.82. The van der Waals surface area contributed by atoms with Crippen LogP contribution in [0.3, 0.4) is 0 Å². The third kappa shape index (κ3) is 2.49. The summed E-state index contributed by atoms with van der Waals surface area (Å²) in [4.78, 5) is 17.4. The quantitative estimate of drug-likeness (QED) is 0.765. The predicted octanol–water partition coefficient (Wildman–Crippen LogP) is 1.33. The summed E-state index contributed by atoms with van der Waals surface area (Å²) in [5.41, 5.74) is 2.21. The van der Waals surface area contributed by atoms with Gasteiger partial charge in [0.2, 0.25) is 10.0 Å². The summed E-state index contributed by atoms with van der Waals surface area (Å²) in [5, 5.41) is 2.82.